The molecule has 0 heterocycles. The maximum atomic E-state index is 11.9. The Balaban J connectivity index is 2.39. The molecule has 4 nitrogen and oxygen atoms in total. The zero-order chi connectivity index (χ0) is 19.1. The molecule has 0 atom stereocenters. The Hall–Kier alpha value is -1.32. The number of hydrogen-bond donors (Lipinski definition) is 0. The molecule has 0 bridgehead atoms. The van der Waals surface area contributed by atoms with Gasteiger partial charge in [-0.15, -0.1) is 0 Å². The van der Waals surface area contributed by atoms with E-state index in [-0.39, 0.29) is 6.10 Å². The van der Waals surface area contributed by atoms with Crippen LogP contribution in [0.4, 0.5) is 0 Å². The first-order valence-corrected chi connectivity index (χ1v) is 9.71. The molecular weight excluding hydrogens is 316 g/mol. The molecule has 0 aromatic heterocycles. The Morgan fingerprint density at radius 1 is 0.960 bits per heavy atom. The third-order valence-electron chi connectivity index (χ3n) is 5.56. The molecule has 1 rings (SSSR count). The van der Waals surface area contributed by atoms with E-state index in [0.29, 0.717) is 11.3 Å². The Morgan fingerprint density at radius 3 is 2.04 bits per heavy atom. The number of hydrogen-bond acceptors (Lipinski definition) is 4. The van der Waals surface area contributed by atoms with Gasteiger partial charge in [0.25, 0.3) is 0 Å². The molecule has 0 amide bonds. The summed E-state index contributed by atoms with van der Waals surface area (Å²) in [7, 11) is 0. The van der Waals surface area contributed by atoms with Gasteiger partial charge in [-0.1, -0.05) is 40.5 Å². The van der Waals surface area contributed by atoms with Crippen molar-refractivity contribution in [3.8, 4) is 0 Å². The third kappa shape index (κ3) is 7.62. The molecule has 1 saturated carbocycles. The van der Waals surface area contributed by atoms with Crippen LogP contribution in [0.5, 0.6) is 0 Å². The van der Waals surface area contributed by atoms with Crippen LogP contribution in [-0.2, 0) is 19.1 Å². The predicted molar refractivity (Wildman–Crippen MR) is 100 cm³/mol. The minimum absolute atomic E-state index is 0.0337. The molecule has 0 aromatic rings. The lowest BCUT2D eigenvalue weighted by atomic mass is 9.69. The lowest BCUT2D eigenvalue weighted by Crippen LogP contribution is -2.31. The number of carbonyl (C=O) groups is 2. The fraction of sp³-hybridized carbons (Fsp3) is 0.810. The van der Waals surface area contributed by atoms with Crippen molar-refractivity contribution < 1.29 is 19.1 Å². The second-order valence-electron chi connectivity index (χ2n) is 8.52. The lowest BCUT2D eigenvalue weighted by Gasteiger charge is -2.38. The molecule has 25 heavy (non-hydrogen) atoms. The first-order chi connectivity index (χ1) is 11.6. The Bertz CT molecular complexity index is 468. The van der Waals surface area contributed by atoms with Crippen LogP contribution < -0.4 is 0 Å². The highest BCUT2D eigenvalue weighted by Crippen LogP contribution is 2.40. The molecule has 0 N–H and O–H groups in total. The topological polar surface area (TPSA) is 52.6 Å². The molecule has 1 fully saturated rings. The van der Waals surface area contributed by atoms with E-state index in [9.17, 15) is 9.59 Å². The highest BCUT2D eigenvalue weighted by Gasteiger charge is 2.32. The largest absolute Gasteiger partial charge is 0.459 e. The summed E-state index contributed by atoms with van der Waals surface area (Å²) in [4.78, 5) is 23.7. The molecule has 1 aliphatic rings. The van der Waals surface area contributed by atoms with Crippen molar-refractivity contribution in [2.45, 2.75) is 98.2 Å². The highest BCUT2D eigenvalue weighted by atomic mass is 16.6. The molecule has 144 valence electrons. The van der Waals surface area contributed by atoms with E-state index in [1.807, 2.05) is 20.8 Å². The van der Waals surface area contributed by atoms with Crippen molar-refractivity contribution in [1.29, 1.82) is 0 Å². The van der Waals surface area contributed by atoms with Gasteiger partial charge in [0.2, 0.25) is 0 Å². The second kappa shape index (κ2) is 9.40. The Morgan fingerprint density at radius 2 is 1.52 bits per heavy atom. The lowest BCUT2D eigenvalue weighted by molar-refractivity contribution is -0.152. The van der Waals surface area contributed by atoms with Gasteiger partial charge in [0.05, 0.1) is 0 Å². The van der Waals surface area contributed by atoms with E-state index < -0.39 is 17.5 Å². The van der Waals surface area contributed by atoms with Crippen molar-refractivity contribution in [3.63, 3.8) is 0 Å². The van der Waals surface area contributed by atoms with E-state index in [4.69, 9.17) is 9.47 Å². The molecule has 0 radical (unpaired) electrons. The van der Waals surface area contributed by atoms with E-state index in [2.05, 4.69) is 20.8 Å². The molecule has 0 spiro atoms. The number of carbonyl (C=O) groups excluding carboxylic acids is 2. The molecule has 1 aliphatic carbocycles. The average Bonchev–Trinajstić information content (AvgIpc) is 2.53. The highest BCUT2D eigenvalue weighted by molar-refractivity contribution is 5.91. The third-order valence-corrected chi connectivity index (χ3v) is 5.56. The van der Waals surface area contributed by atoms with Crippen LogP contribution in [0, 0.1) is 11.3 Å². The van der Waals surface area contributed by atoms with Crippen molar-refractivity contribution >= 4 is 11.9 Å². The summed E-state index contributed by atoms with van der Waals surface area (Å²) in [6.07, 6.45) is 9.21. The first kappa shape index (κ1) is 21.7. The van der Waals surface area contributed by atoms with Gasteiger partial charge in [0.1, 0.15) is 11.7 Å². The molecule has 0 saturated heterocycles. The molecule has 0 unspecified atom stereocenters. The van der Waals surface area contributed by atoms with E-state index in [1.165, 1.54) is 18.6 Å². The SMILES string of the molecule is CCCC(C)(C)OC(=O)/C=C/C(=O)OC1CCC(C(C)(C)CC)CC1. The van der Waals surface area contributed by atoms with Gasteiger partial charge in [0, 0.05) is 12.2 Å². The van der Waals surface area contributed by atoms with Crippen molar-refractivity contribution in [2.75, 3.05) is 0 Å². The fourth-order valence-corrected chi connectivity index (χ4v) is 3.55. The van der Waals surface area contributed by atoms with Gasteiger partial charge in [-0.2, -0.15) is 0 Å². The van der Waals surface area contributed by atoms with Gasteiger partial charge in [-0.25, -0.2) is 9.59 Å². The van der Waals surface area contributed by atoms with Crippen LogP contribution in [0.15, 0.2) is 12.2 Å². The van der Waals surface area contributed by atoms with Crippen molar-refractivity contribution in [2.24, 2.45) is 11.3 Å². The van der Waals surface area contributed by atoms with Gasteiger partial charge < -0.3 is 9.47 Å². The summed E-state index contributed by atoms with van der Waals surface area (Å²) < 4.78 is 10.8. The predicted octanol–water partition coefficient (Wildman–Crippen LogP) is 5.20. The van der Waals surface area contributed by atoms with Crippen LogP contribution >= 0.6 is 0 Å². The van der Waals surface area contributed by atoms with Crippen LogP contribution in [0.2, 0.25) is 0 Å². The van der Waals surface area contributed by atoms with Gasteiger partial charge in [0.15, 0.2) is 0 Å². The standard InChI is InChI=1S/C21H36O4/c1-7-15-21(5,6)25-19(23)14-13-18(22)24-17-11-9-16(10-12-17)20(3,4)8-2/h13-14,16-17H,7-12,15H2,1-6H3/b14-13+. The molecule has 0 aromatic carbocycles. The summed E-state index contributed by atoms with van der Waals surface area (Å²) >= 11 is 0. The minimum Gasteiger partial charge on any atom is -0.459 e. The zero-order valence-electron chi connectivity index (χ0n) is 16.9. The van der Waals surface area contributed by atoms with Crippen LogP contribution in [0.25, 0.3) is 0 Å². The maximum Gasteiger partial charge on any atom is 0.331 e. The van der Waals surface area contributed by atoms with E-state index in [0.717, 1.165) is 38.5 Å². The number of esters is 2. The van der Waals surface area contributed by atoms with E-state index in [1.54, 1.807) is 0 Å². The summed E-state index contributed by atoms with van der Waals surface area (Å²) in [6, 6.07) is 0. The maximum absolute atomic E-state index is 11.9. The first-order valence-electron chi connectivity index (χ1n) is 9.71. The fourth-order valence-electron chi connectivity index (χ4n) is 3.55. The van der Waals surface area contributed by atoms with Crippen molar-refractivity contribution in [3.05, 3.63) is 12.2 Å². The van der Waals surface area contributed by atoms with Gasteiger partial charge in [-0.05, 0) is 57.3 Å². The average molecular weight is 353 g/mol. The summed E-state index contributed by atoms with van der Waals surface area (Å²) in [5.41, 5.74) is -0.158. The summed E-state index contributed by atoms with van der Waals surface area (Å²) in [5, 5.41) is 0. The smallest absolute Gasteiger partial charge is 0.331 e. The van der Waals surface area contributed by atoms with Gasteiger partial charge >= 0.3 is 11.9 Å². The molecule has 4 heteroatoms. The van der Waals surface area contributed by atoms with Crippen LogP contribution in [-0.4, -0.2) is 23.6 Å². The normalized spacial score (nSPS) is 22.0. The number of ether oxygens (including phenoxy) is 2. The van der Waals surface area contributed by atoms with Crippen molar-refractivity contribution in [1.82, 2.24) is 0 Å². The quantitative estimate of drug-likeness (QED) is 0.445. The summed E-state index contributed by atoms with van der Waals surface area (Å²) in [6.45, 7) is 12.7. The Kier molecular flexibility index (Phi) is 8.17. The van der Waals surface area contributed by atoms with Crippen LogP contribution in [0.1, 0.15) is 86.5 Å². The Labute approximate surface area is 153 Å². The minimum atomic E-state index is -0.509. The summed E-state index contributed by atoms with van der Waals surface area (Å²) in [5.74, 6) is -0.258. The van der Waals surface area contributed by atoms with E-state index >= 15 is 0 Å². The monoisotopic (exact) mass is 352 g/mol. The number of rotatable bonds is 8. The zero-order valence-corrected chi connectivity index (χ0v) is 16.9. The van der Waals surface area contributed by atoms with Crippen LogP contribution in [0.3, 0.4) is 0 Å². The second-order valence-corrected chi connectivity index (χ2v) is 8.52. The van der Waals surface area contributed by atoms with Gasteiger partial charge in [-0.3, -0.25) is 0 Å². The molecular formula is C21H36O4. The molecule has 0 aliphatic heterocycles.